The molecule has 4 aromatic rings. The highest BCUT2D eigenvalue weighted by atomic mass is 79.9. The Kier molecular flexibility index (Phi) is 5.21. The zero-order valence-electron chi connectivity index (χ0n) is 15.4. The van der Waals surface area contributed by atoms with Crippen LogP contribution in [0.4, 0.5) is 5.69 Å². The molecule has 2 heterocycles. The second-order valence-electron chi connectivity index (χ2n) is 6.49. The molecule has 1 N–H and O–H groups in total. The van der Waals surface area contributed by atoms with Crippen molar-refractivity contribution in [3.05, 3.63) is 90.9 Å². The van der Waals surface area contributed by atoms with Gasteiger partial charge in [-0.05, 0) is 54.3 Å². The maximum absolute atomic E-state index is 13.1. The number of anilines is 1. The molecule has 0 saturated carbocycles. The lowest BCUT2D eigenvalue weighted by atomic mass is 10.2. The van der Waals surface area contributed by atoms with Crippen LogP contribution in [0.25, 0.3) is 15.9 Å². The quantitative estimate of drug-likeness (QED) is 0.492. The van der Waals surface area contributed by atoms with Gasteiger partial charge in [0.15, 0.2) is 0 Å². The van der Waals surface area contributed by atoms with Crippen molar-refractivity contribution in [3.8, 4) is 5.69 Å². The van der Waals surface area contributed by atoms with Gasteiger partial charge < -0.3 is 5.32 Å². The van der Waals surface area contributed by atoms with Crippen molar-refractivity contribution in [1.82, 2.24) is 9.13 Å². The summed E-state index contributed by atoms with van der Waals surface area (Å²) in [6.45, 7) is 1.69. The van der Waals surface area contributed by atoms with Gasteiger partial charge in [0.1, 0.15) is 11.2 Å². The number of hydrogen-bond acceptors (Lipinski definition) is 4. The van der Waals surface area contributed by atoms with Gasteiger partial charge >= 0.3 is 5.69 Å². The zero-order valence-corrected chi connectivity index (χ0v) is 17.8. The summed E-state index contributed by atoms with van der Waals surface area (Å²) in [6.07, 6.45) is 0. The Morgan fingerprint density at radius 1 is 1.10 bits per heavy atom. The smallest absolute Gasteiger partial charge is 0.324 e. The van der Waals surface area contributed by atoms with E-state index in [1.165, 1.54) is 15.9 Å². The van der Waals surface area contributed by atoms with Gasteiger partial charge in [-0.15, -0.1) is 11.3 Å². The van der Waals surface area contributed by atoms with Crippen molar-refractivity contribution in [2.75, 3.05) is 5.32 Å². The van der Waals surface area contributed by atoms with Gasteiger partial charge in [-0.3, -0.25) is 14.2 Å². The van der Waals surface area contributed by atoms with Crippen molar-refractivity contribution >= 4 is 49.1 Å². The molecule has 0 aliphatic heterocycles. The minimum atomic E-state index is -0.547. The van der Waals surface area contributed by atoms with Crippen LogP contribution in [-0.2, 0) is 11.3 Å². The molecule has 0 atom stereocenters. The Bertz CT molecular complexity index is 1340. The van der Waals surface area contributed by atoms with E-state index < -0.39 is 5.69 Å². The molecule has 4 rings (SSSR count). The number of aromatic nitrogens is 2. The highest BCUT2D eigenvalue weighted by Crippen LogP contribution is 2.20. The molecule has 0 bridgehead atoms. The molecule has 0 aliphatic rings. The molecule has 8 heteroatoms. The number of amides is 1. The third-order valence-corrected chi connectivity index (χ3v) is 5.92. The Morgan fingerprint density at radius 2 is 1.86 bits per heavy atom. The van der Waals surface area contributed by atoms with E-state index in [0.29, 0.717) is 21.6 Å². The van der Waals surface area contributed by atoms with Crippen molar-refractivity contribution < 1.29 is 4.79 Å². The number of carbonyl (C=O) groups is 1. The molecule has 0 aliphatic carbocycles. The van der Waals surface area contributed by atoms with Crippen LogP contribution in [0.1, 0.15) is 5.56 Å². The van der Waals surface area contributed by atoms with E-state index in [9.17, 15) is 14.4 Å². The van der Waals surface area contributed by atoms with Crippen molar-refractivity contribution in [3.63, 3.8) is 0 Å². The van der Waals surface area contributed by atoms with Crippen molar-refractivity contribution in [2.24, 2.45) is 0 Å². The number of nitrogens with zero attached hydrogens (tertiary/aromatic N) is 2. The van der Waals surface area contributed by atoms with E-state index in [1.807, 2.05) is 25.1 Å². The summed E-state index contributed by atoms with van der Waals surface area (Å²) in [4.78, 5) is 38.7. The summed E-state index contributed by atoms with van der Waals surface area (Å²) in [5.41, 5.74) is 1.57. The number of halogens is 1. The van der Waals surface area contributed by atoms with Crippen LogP contribution in [0.5, 0.6) is 0 Å². The number of nitrogens with one attached hydrogen (secondary N) is 1. The number of aryl methyl sites for hydroxylation is 1. The number of benzene rings is 2. The first-order chi connectivity index (χ1) is 14.0. The molecule has 29 heavy (non-hydrogen) atoms. The van der Waals surface area contributed by atoms with Gasteiger partial charge in [0.25, 0.3) is 5.56 Å². The highest BCUT2D eigenvalue weighted by molar-refractivity contribution is 9.10. The fourth-order valence-corrected chi connectivity index (χ4v) is 4.45. The summed E-state index contributed by atoms with van der Waals surface area (Å²) in [5.74, 6) is -0.344. The summed E-state index contributed by atoms with van der Waals surface area (Å²) < 4.78 is 3.79. The first-order valence-corrected chi connectivity index (χ1v) is 10.5. The van der Waals surface area contributed by atoms with E-state index >= 15 is 0 Å². The Labute approximate surface area is 178 Å². The monoisotopic (exact) mass is 469 g/mol. The number of thiophene rings is 1. The summed E-state index contributed by atoms with van der Waals surface area (Å²) in [7, 11) is 0. The molecule has 6 nitrogen and oxygen atoms in total. The lowest BCUT2D eigenvalue weighted by Crippen LogP contribution is -2.40. The van der Waals surface area contributed by atoms with Crippen LogP contribution >= 0.6 is 27.3 Å². The first-order valence-electron chi connectivity index (χ1n) is 8.80. The van der Waals surface area contributed by atoms with E-state index in [1.54, 1.807) is 41.8 Å². The molecule has 1 amide bonds. The third kappa shape index (κ3) is 3.68. The molecular weight excluding hydrogens is 454 g/mol. The van der Waals surface area contributed by atoms with Crippen molar-refractivity contribution in [1.29, 1.82) is 0 Å². The predicted molar refractivity (Wildman–Crippen MR) is 119 cm³/mol. The van der Waals surface area contributed by atoms with E-state index in [-0.39, 0.29) is 18.0 Å². The predicted octanol–water partition coefficient (Wildman–Crippen LogP) is 3.92. The molecule has 0 radical (unpaired) electrons. The molecular formula is C21H16BrN3O3S. The zero-order chi connectivity index (χ0) is 20.5. The summed E-state index contributed by atoms with van der Waals surface area (Å²) >= 11 is 4.65. The molecule has 2 aromatic carbocycles. The molecule has 146 valence electrons. The van der Waals surface area contributed by atoms with E-state index in [0.717, 1.165) is 14.6 Å². The molecule has 0 unspecified atom stereocenters. The van der Waals surface area contributed by atoms with Gasteiger partial charge in [0.2, 0.25) is 5.91 Å². The maximum atomic E-state index is 13.1. The fraction of sp³-hybridized carbons (Fsp3) is 0.0952. The van der Waals surface area contributed by atoms with Crippen molar-refractivity contribution in [2.45, 2.75) is 13.5 Å². The van der Waals surface area contributed by atoms with E-state index in [2.05, 4.69) is 21.2 Å². The average molecular weight is 470 g/mol. The summed E-state index contributed by atoms with van der Waals surface area (Å²) in [5, 5.41) is 4.58. The molecule has 2 aromatic heterocycles. The van der Waals surface area contributed by atoms with Crippen LogP contribution in [0, 0.1) is 6.92 Å². The number of rotatable bonds is 4. The van der Waals surface area contributed by atoms with Gasteiger partial charge in [-0.25, -0.2) is 9.36 Å². The molecule has 0 saturated heterocycles. The van der Waals surface area contributed by atoms with Gasteiger partial charge in [0, 0.05) is 10.2 Å². The number of carbonyl (C=O) groups excluding carboxylic acids is 1. The lowest BCUT2D eigenvalue weighted by Gasteiger charge is -2.13. The van der Waals surface area contributed by atoms with Gasteiger partial charge in [0.05, 0.1) is 11.2 Å². The first kappa shape index (κ1) is 19.4. The van der Waals surface area contributed by atoms with Crippen LogP contribution in [0.2, 0.25) is 0 Å². The topological polar surface area (TPSA) is 73.1 Å². The normalized spacial score (nSPS) is 11.0. The Morgan fingerprint density at radius 3 is 2.59 bits per heavy atom. The van der Waals surface area contributed by atoms with Crippen LogP contribution in [0.15, 0.2) is 74.0 Å². The van der Waals surface area contributed by atoms with Crippen LogP contribution in [-0.4, -0.2) is 15.0 Å². The fourth-order valence-electron chi connectivity index (χ4n) is 3.15. The minimum Gasteiger partial charge on any atom is -0.324 e. The lowest BCUT2D eigenvalue weighted by molar-refractivity contribution is -0.116. The maximum Gasteiger partial charge on any atom is 0.336 e. The Balaban J connectivity index is 1.78. The second kappa shape index (κ2) is 7.81. The molecule has 0 fully saturated rings. The van der Waals surface area contributed by atoms with Crippen LogP contribution < -0.4 is 16.6 Å². The highest BCUT2D eigenvalue weighted by Gasteiger charge is 2.17. The Hall–Kier alpha value is -2.97. The largest absolute Gasteiger partial charge is 0.336 e. The van der Waals surface area contributed by atoms with Crippen LogP contribution in [0.3, 0.4) is 0 Å². The minimum absolute atomic E-state index is 0.200. The van der Waals surface area contributed by atoms with Gasteiger partial charge in [-0.1, -0.05) is 34.1 Å². The average Bonchev–Trinajstić information content (AvgIpc) is 3.18. The number of para-hydroxylation sites is 1. The molecule has 0 spiro atoms. The number of hydrogen-bond donors (Lipinski definition) is 1. The van der Waals surface area contributed by atoms with E-state index in [4.69, 9.17) is 0 Å². The standard InChI is InChI=1S/C21H16BrN3O3S/c1-13-11-14(22)7-8-16(13)23-18(26)12-24-17-9-10-29-19(17)20(27)25(21(24)28)15-5-3-2-4-6-15/h2-11H,12H2,1H3,(H,23,26). The third-order valence-electron chi connectivity index (χ3n) is 4.53. The SMILES string of the molecule is Cc1cc(Br)ccc1NC(=O)Cn1c(=O)n(-c2ccccc2)c(=O)c2sccc21. The number of fused-ring (bicyclic) bond motifs is 1. The summed E-state index contributed by atoms with van der Waals surface area (Å²) in [6, 6.07) is 15.9. The van der Waals surface area contributed by atoms with Gasteiger partial charge in [-0.2, -0.15) is 0 Å². The second-order valence-corrected chi connectivity index (χ2v) is 8.32.